The van der Waals surface area contributed by atoms with Gasteiger partial charge in [-0.15, -0.1) is 0 Å². The minimum Gasteiger partial charge on any atom is -0.497 e. The Morgan fingerprint density at radius 3 is 2.49 bits per heavy atom. The highest BCUT2D eigenvalue weighted by Crippen LogP contribution is 2.22. The van der Waals surface area contributed by atoms with Gasteiger partial charge in [-0.1, -0.05) is 48.5 Å². The lowest BCUT2D eigenvalue weighted by atomic mass is 10.1. The highest BCUT2D eigenvalue weighted by molar-refractivity contribution is 5.95. The van der Waals surface area contributed by atoms with Crippen molar-refractivity contribution in [1.29, 1.82) is 0 Å². The molecule has 2 N–H and O–H groups in total. The van der Waals surface area contributed by atoms with Crippen LogP contribution in [0.5, 0.6) is 5.75 Å². The Bertz CT molecular complexity index is 1350. The van der Waals surface area contributed by atoms with E-state index in [0.29, 0.717) is 6.54 Å². The number of carbonyl (C=O) groups is 2. The lowest BCUT2D eigenvalue weighted by Gasteiger charge is -2.23. The molecular formula is C28H25N3O4. The summed E-state index contributed by atoms with van der Waals surface area (Å²) in [6.45, 7) is 0.335. The second-order valence-electron chi connectivity index (χ2n) is 7.90. The summed E-state index contributed by atoms with van der Waals surface area (Å²) in [5.74, 6) is 0.103. The number of amides is 2. The molecule has 0 spiro atoms. The molecule has 0 unspecified atom stereocenters. The smallest absolute Gasteiger partial charge is 0.267 e. The van der Waals surface area contributed by atoms with Crippen LogP contribution >= 0.6 is 0 Å². The quantitative estimate of drug-likeness (QED) is 0.226. The number of ether oxygens (including phenoxy) is 1. The fourth-order valence-corrected chi connectivity index (χ4v) is 3.68. The summed E-state index contributed by atoms with van der Waals surface area (Å²) in [5.41, 5.74) is 5.58. The third-order valence-electron chi connectivity index (χ3n) is 5.52. The van der Waals surface area contributed by atoms with Crippen LogP contribution in [0.25, 0.3) is 17.0 Å². The van der Waals surface area contributed by atoms with Crippen molar-refractivity contribution < 1.29 is 19.5 Å². The Kier molecular flexibility index (Phi) is 7.50. The van der Waals surface area contributed by atoms with Crippen molar-refractivity contribution in [2.45, 2.75) is 13.0 Å². The van der Waals surface area contributed by atoms with E-state index in [4.69, 9.17) is 14.9 Å². The average molecular weight is 468 g/mol. The molecule has 2 amide bonds. The Morgan fingerprint density at radius 1 is 1.00 bits per heavy atom. The van der Waals surface area contributed by atoms with Crippen molar-refractivity contribution in [3.8, 4) is 5.75 Å². The molecule has 0 aliphatic rings. The second-order valence-corrected chi connectivity index (χ2v) is 7.90. The Hall–Kier alpha value is -4.49. The van der Waals surface area contributed by atoms with E-state index in [1.165, 1.54) is 6.08 Å². The second kappa shape index (κ2) is 11.1. The summed E-state index contributed by atoms with van der Waals surface area (Å²) in [6, 6.07) is 26.5. The number of pyridine rings is 1. The van der Waals surface area contributed by atoms with Crippen molar-refractivity contribution in [3.05, 3.63) is 108 Å². The van der Waals surface area contributed by atoms with Gasteiger partial charge in [-0.05, 0) is 53.6 Å². The van der Waals surface area contributed by atoms with Crippen LogP contribution in [0.1, 0.15) is 16.8 Å². The fraction of sp³-hybridized carbons (Fsp3) is 0.107. The van der Waals surface area contributed by atoms with E-state index in [9.17, 15) is 9.59 Å². The number of hydrogen-bond donors (Lipinski definition) is 2. The van der Waals surface area contributed by atoms with E-state index in [-0.39, 0.29) is 12.3 Å². The molecular weight excluding hydrogens is 442 g/mol. The number of fused-ring (bicyclic) bond motifs is 1. The molecule has 176 valence electrons. The first-order valence-corrected chi connectivity index (χ1v) is 11.1. The minimum atomic E-state index is -0.607. The Balaban J connectivity index is 1.54. The molecule has 0 saturated carbocycles. The van der Waals surface area contributed by atoms with Gasteiger partial charge in [0.2, 0.25) is 5.91 Å². The molecule has 0 aliphatic heterocycles. The normalized spacial score (nSPS) is 10.9. The third kappa shape index (κ3) is 6.10. The number of hydroxylamine groups is 1. The van der Waals surface area contributed by atoms with Crippen molar-refractivity contribution >= 4 is 34.5 Å². The lowest BCUT2D eigenvalue weighted by molar-refractivity contribution is -0.124. The molecule has 1 heterocycles. The van der Waals surface area contributed by atoms with Crippen LogP contribution in [0, 0.1) is 0 Å². The van der Waals surface area contributed by atoms with Crippen LogP contribution in [-0.2, 0) is 22.6 Å². The van der Waals surface area contributed by atoms with Crippen molar-refractivity contribution in [1.82, 2.24) is 10.5 Å². The first kappa shape index (κ1) is 23.7. The summed E-state index contributed by atoms with van der Waals surface area (Å²) in [5, 5.41) is 9.55. The SMILES string of the molecule is COc1ccc2nc(CN(C(=O)Cc3ccc(/C=C/C(=O)NO)cc3)c3ccccc3)ccc2c1. The first-order valence-electron chi connectivity index (χ1n) is 11.1. The molecule has 0 fully saturated rings. The third-order valence-corrected chi connectivity index (χ3v) is 5.52. The molecule has 35 heavy (non-hydrogen) atoms. The van der Waals surface area contributed by atoms with Gasteiger partial charge in [0.05, 0.1) is 31.3 Å². The zero-order valence-electron chi connectivity index (χ0n) is 19.2. The van der Waals surface area contributed by atoms with Gasteiger partial charge in [-0.25, -0.2) is 5.48 Å². The molecule has 0 radical (unpaired) electrons. The maximum atomic E-state index is 13.4. The standard InChI is InChI=1S/C28H25N3O4/c1-35-25-14-15-26-22(18-25)12-13-23(29-26)19-31(24-5-3-2-4-6-24)28(33)17-21-9-7-20(8-10-21)11-16-27(32)30-34/h2-16,18,34H,17,19H2,1H3,(H,30,32)/b16-11+. The van der Waals surface area contributed by atoms with Crippen molar-refractivity contribution in [3.63, 3.8) is 0 Å². The lowest BCUT2D eigenvalue weighted by Crippen LogP contribution is -2.32. The molecule has 3 aromatic carbocycles. The first-order chi connectivity index (χ1) is 17.1. The highest BCUT2D eigenvalue weighted by Gasteiger charge is 2.17. The number of anilines is 1. The molecule has 4 aromatic rings. The fourth-order valence-electron chi connectivity index (χ4n) is 3.68. The maximum Gasteiger partial charge on any atom is 0.267 e. The zero-order valence-corrected chi connectivity index (χ0v) is 19.2. The van der Waals surface area contributed by atoms with Crippen LogP contribution in [0.3, 0.4) is 0 Å². The van der Waals surface area contributed by atoms with Gasteiger partial charge in [0, 0.05) is 17.1 Å². The summed E-state index contributed by atoms with van der Waals surface area (Å²) in [7, 11) is 1.63. The molecule has 0 atom stereocenters. The monoisotopic (exact) mass is 467 g/mol. The van der Waals surface area contributed by atoms with E-state index >= 15 is 0 Å². The van der Waals surface area contributed by atoms with Gasteiger partial charge >= 0.3 is 0 Å². The van der Waals surface area contributed by atoms with Crippen LogP contribution in [0.4, 0.5) is 5.69 Å². The predicted octanol–water partition coefficient (Wildman–Crippen LogP) is 4.54. The zero-order chi connectivity index (χ0) is 24.6. The summed E-state index contributed by atoms with van der Waals surface area (Å²) in [6.07, 6.45) is 3.01. The highest BCUT2D eigenvalue weighted by atomic mass is 16.5. The number of nitrogens with zero attached hydrogens (tertiary/aromatic N) is 2. The van der Waals surface area contributed by atoms with Gasteiger partial charge in [-0.3, -0.25) is 19.8 Å². The van der Waals surface area contributed by atoms with Crippen molar-refractivity contribution in [2.75, 3.05) is 12.0 Å². The van der Waals surface area contributed by atoms with Crippen LogP contribution < -0.4 is 15.1 Å². The van der Waals surface area contributed by atoms with E-state index in [2.05, 4.69) is 0 Å². The average Bonchev–Trinajstić information content (AvgIpc) is 2.91. The van der Waals surface area contributed by atoms with E-state index < -0.39 is 5.91 Å². The van der Waals surface area contributed by atoms with E-state index in [1.54, 1.807) is 23.6 Å². The summed E-state index contributed by atoms with van der Waals surface area (Å²) in [4.78, 5) is 31.0. The minimum absolute atomic E-state index is 0.0595. The number of methoxy groups -OCH3 is 1. The summed E-state index contributed by atoms with van der Waals surface area (Å²) >= 11 is 0. The Morgan fingerprint density at radius 2 is 1.77 bits per heavy atom. The van der Waals surface area contributed by atoms with Gasteiger partial charge in [-0.2, -0.15) is 0 Å². The summed E-state index contributed by atoms with van der Waals surface area (Å²) < 4.78 is 5.29. The predicted molar refractivity (Wildman–Crippen MR) is 135 cm³/mol. The van der Waals surface area contributed by atoms with E-state index in [1.807, 2.05) is 84.9 Å². The number of para-hydroxylation sites is 1. The van der Waals surface area contributed by atoms with Gasteiger partial charge < -0.3 is 9.64 Å². The Labute approximate surface area is 203 Å². The number of benzene rings is 3. The largest absolute Gasteiger partial charge is 0.497 e. The number of rotatable bonds is 8. The molecule has 1 aromatic heterocycles. The number of carbonyl (C=O) groups excluding carboxylic acids is 2. The van der Waals surface area contributed by atoms with Crippen molar-refractivity contribution in [2.24, 2.45) is 0 Å². The maximum absolute atomic E-state index is 13.4. The molecule has 7 heteroatoms. The van der Waals surface area contributed by atoms with Gasteiger partial charge in [0.25, 0.3) is 5.91 Å². The molecule has 0 bridgehead atoms. The molecule has 4 rings (SSSR count). The van der Waals surface area contributed by atoms with Gasteiger partial charge in [0.15, 0.2) is 0 Å². The number of hydrogen-bond acceptors (Lipinski definition) is 5. The van der Waals surface area contributed by atoms with E-state index in [0.717, 1.165) is 39.2 Å². The van der Waals surface area contributed by atoms with Crippen LogP contribution in [-0.4, -0.2) is 29.1 Å². The van der Waals surface area contributed by atoms with Crippen LogP contribution in [0.15, 0.2) is 91.0 Å². The number of nitrogens with one attached hydrogen (secondary N) is 1. The van der Waals surface area contributed by atoms with Gasteiger partial charge in [0.1, 0.15) is 5.75 Å². The molecule has 0 aliphatic carbocycles. The topological polar surface area (TPSA) is 91.8 Å². The molecule has 7 nitrogen and oxygen atoms in total. The molecule has 0 saturated heterocycles. The number of aromatic nitrogens is 1. The van der Waals surface area contributed by atoms with Crippen LogP contribution in [0.2, 0.25) is 0 Å².